The van der Waals surface area contributed by atoms with E-state index in [1.807, 2.05) is 6.92 Å². The number of hydrogen-bond donors (Lipinski definition) is 3. The molecule has 1 fully saturated rings. The molecule has 4 nitrogen and oxygen atoms in total. The lowest BCUT2D eigenvalue weighted by Crippen LogP contribution is -2.55. The van der Waals surface area contributed by atoms with Crippen LogP contribution < -0.4 is 11.1 Å². The van der Waals surface area contributed by atoms with Crippen molar-refractivity contribution in [1.29, 1.82) is 0 Å². The van der Waals surface area contributed by atoms with Gasteiger partial charge in [-0.05, 0) is 32.9 Å². The molecule has 0 saturated carbocycles. The fraction of sp³-hybridized carbons (Fsp3) is 1.00. The van der Waals surface area contributed by atoms with Crippen molar-refractivity contribution < 1.29 is 9.84 Å². The average Bonchev–Trinajstić information content (AvgIpc) is 2.15. The van der Waals surface area contributed by atoms with Crippen LogP contribution in [0.15, 0.2) is 0 Å². The van der Waals surface area contributed by atoms with E-state index in [0.717, 1.165) is 25.9 Å². The quantitative estimate of drug-likeness (QED) is 0.554. The summed E-state index contributed by atoms with van der Waals surface area (Å²) in [5.41, 5.74) is 5.14. The van der Waals surface area contributed by atoms with Crippen molar-refractivity contribution in [3.63, 3.8) is 0 Å². The van der Waals surface area contributed by atoms with Crippen molar-refractivity contribution in [2.24, 2.45) is 5.73 Å². The zero-order chi connectivity index (χ0) is 9.73. The molecule has 0 aromatic heterocycles. The number of hydrogen-bond acceptors (Lipinski definition) is 4. The summed E-state index contributed by atoms with van der Waals surface area (Å²) in [5, 5.41) is 13.3. The van der Waals surface area contributed by atoms with E-state index < -0.39 is 5.60 Å². The van der Waals surface area contributed by atoms with Gasteiger partial charge >= 0.3 is 0 Å². The second-order valence-corrected chi connectivity index (χ2v) is 3.62. The Bertz CT molecular complexity index is 147. The number of rotatable bonds is 4. The molecular formula is C9H20N2O2. The zero-order valence-electron chi connectivity index (χ0n) is 8.25. The highest BCUT2D eigenvalue weighted by atomic mass is 16.5. The van der Waals surface area contributed by atoms with Gasteiger partial charge in [0.2, 0.25) is 0 Å². The molecule has 1 atom stereocenters. The van der Waals surface area contributed by atoms with E-state index in [2.05, 4.69) is 5.32 Å². The Morgan fingerprint density at radius 2 is 2.15 bits per heavy atom. The van der Waals surface area contributed by atoms with E-state index in [1.54, 1.807) is 0 Å². The summed E-state index contributed by atoms with van der Waals surface area (Å²) < 4.78 is 5.21. The summed E-state index contributed by atoms with van der Waals surface area (Å²) in [6.45, 7) is 4.72. The number of piperidine rings is 1. The molecule has 0 aromatic rings. The second-order valence-electron chi connectivity index (χ2n) is 3.62. The standard InChI is InChI=1S/C9H20N2O2/c1-2-13-7-8(10)9(12)3-5-11-6-4-9/h8,11-12H,2-7,10H2,1H3. The SMILES string of the molecule is CCOCC(N)C1(O)CCNCC1. The Balaban J connectivity index is 2.37. The minimum atomic E-state index is -0.722. The minimum Gasteiger partial charge on any atom is -0.388 e. The monoisotopic (exact) mass is 188 g/mol. The van der Waals surface area contributed by atoms with Gasteiger partial charge in [-0.25, -0.2) is 0 Å². The Morgan fingerprint density at radius 3 is 2.69 bits per heavy atom. The van der Waals surface area contributed by atoms with Gasteiger partial charge in [-0.3, -0.25) is 0 Å². The number of aliphatic hydroxyl groups is 1. The van der Waals surface area contributed by atoms with Crippen molar-refractivity contribution in [2.45, 2.75) is 31.4 Å². The van der Waals surface area contributed by atoms with Gasteiger partial charge in [0.1, 0.15) is 0 Å². The van der Waals surface area contributed by atoms with Gasteiger partial charge in [-0.2, -0.15) is 0 Å². The van der Waals surface area contributed by atoms with Crippen molar-refractivity contribution in [1.82, 2.24) is 5.32 Å². The van der Waals surface area contributed by atoms with E-state index in [4.69, 9.17) is 10.5 Å². The molecule has 0 radical (unpaired) electrons. The summed E-state index contributed by atoms with van der Waals surface area (Å²) >= 11 is 0. The molecule has 4 heteroatoms. The third-order valence-electron chi connectivity index (χ3n) is 2.66. The first kappa shape index (κ1) is 10.9. The van der Waals surface area contributed by atoms with Crippen molar-refractivity contribution in [3.05, 3.63) is 0 Å². The van der Waals surface area contributed by atoms with Crippen LogP contribution in [0.3, 0.4) is 0 Å². The normalized spacial score (nSPS) is 24.2. The van der Waals surface area contributed by atoms with Crippen LogP contribution >= 0.6 is 0 Å². The van der Waals surface area contributed by atoms with Crippen LogP contribution in [-0.2, 0) is 4.74 Å². The Kier molecular flexibility index (Phi) is 4.12. The molecular weight excluding hydrogens is 168 g/mol. The Morgan fingerprint density at radius 1 is 1.54 bits per heavy atom. The van der Waals surface area contributed by atoms with Crippen LogP contribution in [0.2, 0.25) is 0 Å². The highest BCUT2D eigenvalue weighted by Crippen LogP contribution is 2.21. The third kappa shape index (κ3) is 2.91. The van der Waals surface area contributed by atoms with Crippen LogP contribution in [-0.4, -0.2) is 43.1 Å². The van der Waals surface area contributed by atoms with Crippen LogP contribution in [0.5, 0.6) is 0 Å². The molecule has 78 valence electrons. The molecule has 1 aliphatic rings. The fourth-order valence-electron chi connectivity index (χ4n) is 1.63. The number of nitrogens with two attached hydrogens (primary N) is 1. The molecule has 0 bridgehead atoms. The summed E-state index contributed by atoms with van der Waals surface area (Å²) in [6, 6.07) is -0.255. The first-order chi connectivity index (χ1) is 6.19. The van der Waals surface area contributed by atoms with Crippen molar-refractivity contribution in [3.8, 4) is 0 Å². The first-order valence-corrected chi connectivity index (χ1v) is 4.95. The summed E-state index contributed by atoms with van der Waals surface area (Å²) in [4.78, 5) is 0. The van der Waals surface area contributed by atoms with Crippen molar-refractivity contribution in [2.75, 3.05) is 26.3 Å². The molecule has 0 amide bonds. The van der Waals surface area contributed by atoms with E-state index in [1.165, 1.54) is 0 Å². The van der Waals surface area contributed by atoms with E-state index >= 15 is 0 Å². The maximum atomic E-state index is 10.1. The van der Waals surface area contributed by atoms with E-state index in [-0.39, 0.29) is 6.04 Å². The molecule has 1 aliphatic heterocycles. The Labute approximate surface area is 79.5 Å². The third-order valence-corrected chi connectivity index (χ3v) is 2.66. The van der Waals surface area contributed by atoms with E-state index in [0.29, 0.717) is 13.2 Å². The number of ether oxygens (including phenoxy) is 1. The second kappa shape index (κ2) is 4.91. The van der Waals surface area contributed by atoms with Crippen LogP contribution in [0.25, 0.3) is 0 Å². The predicted octanol–water partition coefficient (Wildman–Crippen LogP) is -0.535. The van der Waals surface area contributed by atoms with Crippen LogP contribution in [0, 0.1) is 0 Å². The summed E-state index contributed by atoms with van der Waals surface area (Å²) in [5.74, 6) is 0. The summed E-state index contributed by atoms with van der Waals surface area (Å²) in [6.07, 6.45) is 1.45. The molecule has 0 aliphatic carbocycles. The maximum absolute atomic E-state index is 10.1. The largest absolute Gasteiger partial charge is 0.388 e. The van der Waals surface area contributed by atoms with Gasteiger partial charge in [0.15, 0.2) is 0 Å². The predicted molar refractivity (Wildman–Crippen MR) is 51.5 cm³/mol. The fourth-order valence-corrected chi connectivity index (χ4v) is 1.63. The molecule has 1 heterocycles. The molecule has 13 heavy (non-hydrogen) atoms. The highest BCUT2D eigenvalue weighted by Gasteiger charge is 2.35. The van der Waals surface area contributed by atoms with E-state index in [9.17, 15) is 5.11 Å². The van der Waals surface area contributed by atoms with Gasteiger partial charge in [0.05, 0.1) is 18.2 Å². The lowest BCUT2D eigenvalue weighted by atomic mass is 9.86. The zero-order valence-corrected chi connectivity index (χ0v) is 8.25. The lowest BCUT2D eigenvalue weighted by molar-refractivity contribution is -0.0387. The van der Waals surface area contributed by atoms with Crippen molar-refractivity contribution >= 4 is 0 Å². The average molecular weight is 188 g/mol. The molecule has 0 aromatic carbocycles. The van der Waals surface area contributed by atoms with Gasteiger partial charge in [-0.1, -0.05) is 0 Å². The molecule has 1 rings (SSSR count). The smallest absolute Gasteiger partial charge is 0.0844 e. The summed E-state index contributed by atoms with van der Waals surface area (Å²) in [7, 11) is 0. The van der Waals surface area contributed by atoms with Gasteiger partial charge < -0.3 is 20.9 Å². The Hall–Kier alpha value is -0.160. The van der Waals surface area contributed by atoms with Crippen LogP contribution in [0.1, 0.15) is 19.8 Å². The lowest BCUT2D eigenvalue weighted by Gasteiger charge is -2.37. The molecule has 0 spiro atoms. The topological polar surface area (TPSA) is 67.5 Å². The number of nitrogens with one attached hydrogen (secondary N) is 1. The molecule has 4 N–H and O–H groups in total. The minimum absolute atomic E-state index is 0.255. The molecule has 1 unspecified atom stereocenters. The maximum Gasteiger partial charge on any atom is 0.0844 e. The first-order valence-electron chi connectivity index (χ1n) is 4.95. The van der Waals surface area contributed by atoms with Gasteiger partial charge in [-0.15, -0.1) is 0 Å². The molecule has 1 saturated heterocycles. The highest BCUT2D eigenvalue weighted by molar-refractivity contribution is 4.93. The van der Waals surface area contributed by atoms with Gasteiger partial charge in [0, 0.05) is 6.61 Å². The van der Waals surface area contributed by atoms with Gasteiger partial charge in [0.25, 0.3) is 0 Å². The van der Waals surface area contributed by atoms with Crippen LogP contribution in [0.4, 0.5) is 0 Å².